The van der Waals surface area contributed by atoms with Crippen molar-refractivity contribution in [2.24, 2.45) is 0 Å². The Kier molecular flexibility index (Phi) is 3.89. The zero-order valence-corrected chi connectivity index (χ0v) is 11.6. The van der Waals surface area contributed by atoms with Gasteiger partial charge in [-0.05, 0) is 38.1 Å². The Bertz CT molecular complexity index is 428. The maximum Gasteiger partial charge on any atom is 0.231 e. The normalized spacial score (nSPS) is 19.8. The molecule has 0 aromatic heterocycles. The first-order chi connectivity index (χ1) is 9.33. The number of piperazine rings is 1. The molecule has 2 aliphatic rings. The molecule has 1 fully saturated rings. The molecule has 0 amide bonds. The molecule has 1 saturated heterocycles. The molecule has 1 aromatic carbocycles. The van der Waals surface area contributed by atoms with Crippen LogP contribution in [0.2, 0.25) is 0 Å². The summed E-state index contributed by atoms with van der Waals surface area (Å²) in [6.45, 7) is 6.32. The molecule has 3 rings (SSSR count). The summed E-state index contributed by atoms with van der Waals surface area (Å²) in [7, 11) is 2.20. The standard InChI is InChI=1S/C15H22N2O2/c1-16-8-10-17(11-9-16)7-3-5-13-4-2-6-14-15(13)19-12-18-14/h2,4,6H,3,5,7-12H2,1H3. The van der Waals surface area contributed by atoms with Gasteiger partial charge in [-0.3, -0.25) is 0 Å². The molecule has 0 bridgehead atoms. The first kappa shape index (κ1) is 12.8. The topological polar surface area (TPSA) is 24.9 Å². The van der Waals surface area contributed by atoms with Crippen molar-refractivity contribution in [2.75, 3.05) is 46.6 Å². The molecule has 4 heteroatoms. The summed E-state index contributed by atoms with van der Waals surface area (Å²) >= 11 is 0. The van der Waals surface area contributed by atoms with Crippen LogP contribution in [0.4, 0.5) is 0 Å². The van der Waals surface area contributed by atoms with Crippen molar-refractivity contribution in [1.29, 1.82) is 0 Å². The van der Waals surface area contributed by atoms with Crippen LogP contribution in [0.5, 0.6) is 11.5 Å². The third kappa shape index (κ3) is 3.01. The lowest BCUT2D eigenvalue weighted by Crippen LogP contribution is -2.44. The van der Waals surface area contributed by atoms with E-state index in [1.807, 2.05) is 6.07 Å². The molecule has 0 atom stereocenters. The summed E-state index contributed by atoms with van der Waals surface area (Å²) < 4.78 is 11.0. The van der Waals surface area contributed by atoms with Gasteiger partial charge in [0.25, 0.3) is 0 Å². The van der Waals surface area contributed by atoms with Crippen LogP contribution in [-0.2, 0) is 6.42 Å². The van der Waals surface area contributed by atoms with Crippen molar-refractivity contribution in [3.05, 3.63) is 23.8 Å². The van der Waals surface area contributed by atoms with Crippen molar-refractivity contribution >= 4 is 0 Å². The number of fused-ring (bicyclic) bond motifs is 1. The highest BCUT2D eigenvalue weighted by Crippen LogP contribution is 2.35. The van der Waals surface area contributed by atoms with Crippen LogP contribution >= 0.6 is 0 Å². The van der Waals surface area contributed by atoms with Gasteiger partial charge in [0, 0.05) is 26.2 Å². The van der Waals surface area contributed by atoms with E-state index in [0.717, 1.165) is 17.9 Å². The van der Waals surface area contributed by atoms with Gasteiger partial charge in [0.15, 0.2) is 11.5 Å². The van der Waals surface area contributed by atoms with E-state index in [1.165, 1.54) is 44.7 Å². The van der Waals surface area contributed by atoms with Gasteiger partial charge in [0.05, 0.1) is 0 Å². The lowest BCUT2D eigenvalue weighted by atomic mass is 10.1. The molecular weight excluding hydrogens is 240 g/mol. The third-order valence-corrected chi connectivity index (χ3v) is 3.99. The number of aryl methyl sites for hydroxylation is 1. The first-order valence-corrected chi connectivity index (χ1v) is 7.11. The molecule has 4 nitrogen and oxygen atoms in total. The maximum atomic E-state index is 5.54. The Balaban J connectivity index is 1.49. The fourth-order valence-corrected chi connectivity index (χ4v) is 2.75. The number of para-hydroxylation sites is 1. The van der Waals surface area contributed by atoms with Crippen molar-refractivity contribution in [2.45, 2.75) is 12.8 Å². The van der Waals surface area contributed by atoms with Gasteiger partial charge < -0.3 is 19.3 Å². The Labute approximate surface area is 114 Å². The second-order valence-electron chi connectivity index (χ2n) is 5.40. The van der Waals surface area contributed by atoms with Crippen molar-refractivity contribution < 1.29 is 9.47 Å². The van der Waals surface area contributed by atoms with Gasteiger partial charge >= 0.3 is 0 Å². The molecule has 2 heterocycles. The number of rotatable bonds is 4. The molecule has 0 unspecified atom stereocenters. The van der Waals surface area contributed by atoms with Crippen LogP contribution in [0.25, 0.3) is 0 Å². The molecule has 1 aromatic rings. The minimum atomic E-state index is 0.366. The number of hydrogen-bond donors (Lipinski definition) is 0. The highest BCUT2D eigenvalue weighted by Gasteiger charge is 2.17. The Morgan fingerprint density at radius 2 is 1.95 bits per heavy atom. The largest absolute Gasteiger partial charge is 0.454 e. The highest BCUT2D eigenvalue weighted by atomic mass is 16.7. The Morgan fingerprint density at radius 1 is 1.11 bits per heavy atom. The summed E-state index contributed by atoms with van der Waals surface area (Å²) in [4.78, 5) is 4.95. The zero-order valence-electron chi connectivity index (χ0n) is 11.6. The smallest absolute Gasteiger partial charge is 0.231 e. The van der Waals surface area contributed by atoms with Crippen LogP contribution in [0.15, 0.2) is 18.2 Å². The van der Waals surface area contributed by atoms with Gasteiger partial charge in [0.2, 0.25) is 6.79 Å². The average Bonchev–Trinajstić information content (AvgIpc) is 2.90. The number of ether oxygens (including phenoxy) is 2. The van der Waals surface area contributed by atoms with Crippen LogP contribution in [0, 0.1) is 0 Å². The fourth-order valence-electron chi connectivity index (χ4n) is 2.75. The molecule has 0 N–H and O–H groups in total. The molecule has 0 saturated carbocycles. The zero-order chi connectivity index (χ0) is 13.1. The van der Waals surface area contributed by atoms with Gasteiger partial charge in [-0.25, -0.2) is 0 Å². The predicted octanol–water partition coefficient (Wildman–Crippen LogP) is 1.60. The average molecular weight is 262 g/mol. The van der Waals surface area contributed by atoms with E-state index in [0.29, 0.717) is 6.79 Å². The summed E-state index contributed by atoms with van der Waals surface area (Å²) in [5, 5.41) is 0. The van der Waals surface area contributed by atoms with Gasteiger partial charge in [-0.2, -0.15) is 0 Å². The Morgan fingerprint density at radius 3 is 2.79 bits per heavy atom. The van der Waals surface area contributed by atoms with Crippen LogP contribution in [-0.4, -0.2) is 56.4 Å². The molecule has 2 aliphatic heterocycles. The summed E-state index contributed by atoms with van der Waals surface area (Å²) in [6, 6.07) is 6.18. The highest BCUT2D eigenvalue weighted by molar-refractivity contribution is 5.48. The van der Waals surface area contributed by atoms with Crippen molar-refractivity contribution in [1.82, 2.24) is 9.80 Å². The lowest BCUT2D eigenvalue weighted by Gasteiger charge is -2.32. The number of nitrogens with zero attached hydrogens (tertiary/aromatic N) is 2. The van der Waals surface area contributed by atoms with E-state index >= 15 is 0 Å². The van der Waals surface area contributed by atoms with Crippen LogP contribution in [0.3, 0.4) is 0 Å². The quantitative estimate of drug-likeness (QED) is 0.823. The van der Waals surface area contributed by atoms with Gasteiger partial charge in [0.1, 0.15) is 0 Å². The minimum Gasteiger partial charge on any atom is -0.454 e. The molecule has 0 spiro atoms. The monoisotopic (exact) mass is 262 g/mol. The van der Waals surface area contributed by atoms with Gasteiger partial charge in [-0.1, -0.05) is 12.1 Å². The fraction of sp³-hybridized carbons (Fsp3) is 0.600. The minimum absolute atomic E-state index is 0.366. The van der Waals surface area contributed by atoms with Gasteiger partial charge in [-0.15, -0.1) is 0 Å². The van der Waals surface area contributed by atoms with Crippen molar-refractivity contribution in [3.8, 4) is 11.5 Å². The number of benzene rings is 1. The van der Waals surface area contributed by atoms with E-state index in [2.05, 4.69) is 29.0 Å². The second-order valence-corrected chi connectivity index (χ2v) is 5.40. The van der Waals surface area contributed by atoms with E-state index in [4.69, 9.17) is 9.47 Å². The summed E-state index contributed by atoms with van der Waals surface area (Å²) in [5.41, 5.74) is 1.28. The van der Waals surface area contributed by atoms with E-state index in [9.17, 15) is 0 Å². The number of hydrogen-bond acceptors (Lipinski definition) is 4. The first-order valence-electron chi connectivity index (χ1n) is 7.11. The molecule has 0 radical (unpaired) electrons. The summed E-state index contributed by atoms with van der Waals surface area (Å²) in [6.07, 6.45) is 2.25. The van der Waals surface area contributed by atoms with E-state index in [1.54, 1.807) is 0 Å². The SMILES string of the molecule is CN1CCN(CCCc2cccc3c2OCO3)CC1. The maximum absolute atomic E-state index is 5.54. The van der Waals surface area contributed by atoms with Crippen LogP contribution < -0.4 is 9.47 Å². The summed E-state index contributed by atoms with van der Waals surface area (Å²) in [5.74, 6) is 1.86. The molecule has 0 aliphatic carbocycles. The van der Waals surface area contributed by atoms with E-state index in [-0.39, 0.29) is 0 Å². The Hall–Kier alpha value is -1.26. The molecule has 19 heavy (non-hydrogen) atoms. The molecular formula is C15H22N2O2. The van der Waals surface area contributed by atoms with Crippen molar-refractivity contribution in [3.63, 3.8) is 0 Å². The second kappa shape index (κ2) is 5.80. The lowest BCUT2D eigenvalue weighted by molar-refractivity contribution is 0.152. The number of likely N-dealkylation sites (N-methyl/N-ethyl adjacent to an activating group) is 1. The van der Waals surface area contributed by atoms with E-state index < -0.39 is 0 Å². The molecule has 104 valence electrons. The predicted molar refractivity (Wildman–Crippen MR) is 74.8 cm³/mol. The third-order valence-electron chi connectivity index (χ3n) is 3.99. The van der Waals surface area contributed by atoms with Crippen LogP contribution in [0.1, 0.15) is 12.0 Å².